The zero-order chi connectivity index (χ0) is 17.2. The molecule has 8 heteroatoms. The van der Waals surface area contributed by atoms with Crippen molar-refractivity contribution < 1.29 is 12.8 Å². The lowest BCUT2D eigenvalue weighted by molar-refractivity contribution is 0.578. The quantitative estimate of drug-likeness (QED) is 0.692. The first-order valence-electron chi connectivity index (χ1n) is 7.50. The second-order valence-corrected chi connectivity index (χ2v) is 7.27. The van der Waals surface area contributed by atoms with E-state index in [2.05, 4.69) is 14.8 Å². The summed E-state index contributed by atoms with van der Waals surface area (Å²) in [5.74, 6) is -0.467. The van der Waals surface area contributed by atoms with Gasteiger partial charge in [0.1, 0.15) is 5.82 Å². The van der Waals surface area contributed by atoms with Crippen LogP contribution in [-0.4, -0.2) is 29.6 Å². The lowest BCUT2D eigenvalue weighted by Crippen LogP contribution is -2.25. The third kappa shape index (κ3) is 3.77. The Labute approximate surface area is 139 Å². The van der Waals surface area contributed by atoms with Crippen LogP contribution < -0.4 is 4.72 Å². The molecule has 0 bridgehead atoms. The molecule has 0 fully saturated rings. The van der Waals surface area contributed by atoms with Crippen LogP contribution in [0, 0.1) is 12.7 Å². The van der Waals surface area contributed by atoms with Gasteiger partial charge in [0.15, 0.2) is 5.65 Å². The van der Waals surface area contributed by atoms with Gasteiger partial charge in [0, 0.05) is 25.0 Å². The lowest BCUT2D eigenvalue weighted by Gasteiger charge is -2.07. The van der Waals surface area contributed by atoms with Crippen molar-refractivity contribution in [3.05, 3.63) is 59.8 Å². The second kappa shape index (κ2) is 6.66. The molecule has 0 atom stereocenters. The van der Waals surface area contributed by atoms with Gasteiger partial charge in [0.25, 0.3) is 0 Å². The standard InChI is InChI=1S/C16H17FN4O2S/c1-12-9-16-18-10-13(11-21(16)20-12)3-2-8-19-24(22,23)15-6-4-14(17)5-7-15/h4-7,9-11,19H,2-3,8H2,1H3. The Morgan fingerprint density at radius 1 is 1.25 bits per heavy atom. The van der Waals surface area contributed by atoms with Gasteiger partial charge in [-0.15, -0.1) is 0 Å². The summed E-state index contributed by atoms with van der Waals surface area (Å²) in [5, 5.41) is 4.30. The van der Waals surface area contributed by atoms with Crippen LogP contribution in [-0.2, 0) is 16.4 Å². The van der Waals surface area contributed by atoms with E-state index in [1.165, 1.54) is 12.1 Å². The number of sulfonamides is 1. The van der Waals surface area contributed by atoms with Crippen LogP contribution in [0.4, 0.5) is 4.39 Å². The predicted octanol–water partition coefficient (Wildman–Crippen LogP) is 2.09. The molecule has 0 aliphatic carbocycles. The summed E-state index contributed by atoms with van der Waals surface area (Å²) in [5.41, 5.74) is 2.66. The van der Waals surface area contributed by atoms with Crippen LogP contribution in [0.3, 0.4) is 0 Å². The summed E-state index contributed by atoms with van der Waals surface area (Å²) in [6.07, 6.45) is 4.95. The topological polar surface area (TPSA) is 76.4 Å². The number of hydrogen-bond acceptors (Lipinski definition) is 4. The molecule has 0 unspecified atom stereocenters. The van der Waals surface area contributed by atoms with E-state index in [-0.39, 0.29) is 11.4 Å². The number of aryl methyl sites for hydroxylation is 2. The monoisotopic (exact) mass is 348 g/mol. The number of rotatable bonds is 6. The molecular weight excluding hydrogens is 331 g/mol. The molecule has 6 nitrogen and oxygen atoms in total. The minimum Gasteiger partial charge on any atom is -0.237 e. The van der Waals surface area contributed by atoms with Crippen LogP contribution in [0.25, 0.3) is 5.65 Å². The molecule has 1 N–H and O–H groups in total. The molecule has 0 saturated carbocycles. The van der Waals surface area contributed by atoms with Gasteiger partial charge < -0.3 is 0 Å². The number of nitrogens with zero attached hydrogens (tertiary/aromatic N) is 3. The SMILES string of the molecule is Cc1cc2ncc(CCCNS(=O)(=O)c3ccc(F)cc3)cn2n1. The smallest absolute Gasteiger partial charge is 0.237 e. The van der Waals surface area contributed by atoms with Crippen LogP contribution in [0.15, 0.2) is 47.6 Å². The minimum atomic E-state index is -3.61. The molecule has 0 amide bonds. The third-order valence-corrected chi connectivity index (χ3v) is 5.02. The first-order valence-corrected chi connectivity index (χ1v) is 8.98. The van der Waals surface area contributed by atoms with E-state index < -0.39 is 15.8 Å². The summed E-state index contributed by atoms with van der Waals surface area (Å²) in [6.45, 7) is 2.19. The Bertz CT molecular complexity index is 952. The van der Waals surface area contributed by atoms with Crippen molar-refractivity contribution in [2.45, 2.75) is 24.7 Å². The summed E-state index contributed by atoms with van der Waals surface area (Å²) in [4.78, 5) is 4.37. The highest BCUT2D eigenvalue weighted by molar-refractivity contribution is 7.89. The van der Waals surface area contributed by atoms with Crippen molar-refractivity contribution in [3.63, 3.8) is 0 Å². The van der Waals surface area contributed by atoms with Crippen molar-refractivity contribution in [1.82, 2.24) is 19.3 Å². The van der Waals surface area contributed by atoms with Gasteiger partial charge in [-0.1, -0.05) is 0 Å². The van der Waals surface area contributed by atoms with E-state index in [0.717, 1.165) is 29.0 Å². The molecular formula is C16H17FN4O2S. The summed E-state index contributed by atoms with van der Waals surface area (Å²) in [6, 6.07) is 6.63. The molecule has 0 aliphatic heterocycles. The van der Waals surface area contributed by atoms with Gasteiger partial charge in [0.2, 0.25) is 10.0 Å². The van der Waals surface area contributed by atoms with E-state index in [1.54, 1.807) is 10.7 Å². The average molecular weight is 348 g/mol. The first kappa shape index (κ1) is 16.5. The third-order valence-electron chi connectivity index (χ3n) is 3.55. The Kier molecular flexibility index (Phi) is 4.59. The highest BCUT2D eigenvalue weighted by atomic mass is 32.2. The van der Waals surface area contributed by atoms with Gasteiger partial charge in [-0.05, 0) is 49.6 Å². The Balaban J connectivity index is 1.56. The van der Waals surface area contributed by atoms with Crippen molar-refractivity contribution in [2.75, 3.05) is 6.54 Å². The van der Waals surface area contributed by atoms with E-state index in [4.69, 9.17) is 0 Å². The van der Waals surface area contributed by atoms with Crippen LogP contribution in [0.5, 0.6) is 0 Å². The molecule has 24 heavy (non-hydrogen) atoms. The predicted molar refractivity (Wildman–Crippen MR) is 87.6 cm³/mol. The molecule has 126 valence electrons. The molecule has 3 rings (SSSR count). The van der Waals surface area contributed by atoms with Gasteiger partial charge >= 0.3 is 0 Å². The summed E-state index contributed by atoms with van der Waals surface area (Å²) in [7, 11) is -3.61. The summed E-state index contributed by atoms with van der Waals surface area (Å²) >= 11 is 0. The second-order valence-electron chi connectivity index (χ2n) is 5.51. The van der Waals surface area contributed by atoms with Crippen LogP contribution in [0.2, 0.25) is 0 Å². The molecule has 2 heterocycles. The van der Waals surface area contributed by atoms with E-state index in [0.29, 0.717) is 12.8 Å². The maximum atomic E-state index is 12.9. The minimum absolute atomic E-state index is 0.0546. The molecule has 2 aromatic heterocycles. The Morgan fingerprint density at radius 2 is 2.00 bits per heavy atom. The maximum absolute atomic E-state index is 12.9. The zero-order valence-corrected chi connectivity index (χ0v) is 13.9. The number of benzene rings is 1. The number of aromatic nitrogens is 3. The Hall–Kier alpha value is -2.32. The Morgan fingerprint density at radius 3 is 2.75 bits per heavy atom. The van der Waals surface area contributed by atoms with E-state index in [1.807, 2.05) is 19.2 Å². The van der Waals surface area contributed by atoms with Crippen molar-refractivity contribution in [3.8, 4) is 0 Å². The van der Waals surface area contributed by atoms with Crippen LogP contribution >= 0.6 is 0 Å². The molecule has 0 saturated heterocycles. The van der Waals surface area contributed by atoms with Gasteiger partial charge in [-0.2, -0.15) is 5.10 Å². The van der Waals surface area contributed by atoms with Gasteiger partial charge in [-0.25, -0.2) is 27.0 Å². The van der Waals surface area contributed by atoms with E-state index in [9.17, 15) is 12.8 Å². The van der Waals surface area contributed by atoms with E-state index >= 15 is 0 Å². The normalized spacial score (nSPS) is 11.9. The van der Waals surface area contributed by atoms with Crippen molar-refractivity contribution in [2.24, 2.45) is 0 Å². The average Bonchev–Trinajstić information content (AvgIpc) is 2.91. The fourth-order valence-electron chi connectivity index (χ4n) is 2.36. The molecule has 0 aliphatic rings. The summed E-state index contributed by atoms with van der Waals surface area (Å²) < 4.78 is 41.2. The van der Waals surface area contributed by atoms with Crippen LogP contribution in [0.1, 0.15) is 17.7 Å². The van der Waals surface area contributed by atoms with Gasteiger partial charge in [-0.3, -0.25) is 0 Å². The maximum Gasteiger partial charge on any atom is 0.240 e. The highest BCUT2D eigenvalue weighted by Gasteiger charge is 2.13. The lowest BCUT2D eigenvalue weighted by atomic mass is 10.2. The molecule has 0 spiro atoms. The first-order chi connectivity index (χ1) is 11.4. The fourth-order valence-corrected chi connectivity index (χ4v) is 3.43. The number of halogens is 1. The van der Waals surface area contributed by atoms with Crippen molar-refractivity contribution in [1.29, 1.82) is 0 Å². The largest absolute Gasteiger partial charge is 0.240 e. The molecule has 0 radical (unpaired) electrons. The molecule has 3 aromatic rings. The fraction of sp³-hybridized carbons (Fsp3) is 0.250. The number of fused-ring (bicyclic) bond motifs is 1. The highest BCUT2D eigenvalue weighted by Crippen LogP contribution is 2.10. The van der Waals surface area contributed by atoms with Crippen molar-refractivity contribution >= 4 is 15.7 Å². The number of nitrogens with one attached hydrogen (secondary N) is 1. The molecule has 1 aromatic carbocycles. The van der Waals surface area contributed by atoms with Gasteiger partial charge in [0.05, 0.1) is 10.6 Å². The zero-order valence-electron chi connectivity index (χ0n) is 13.1. The number of hydrogen-bond donors (Lipinski definition) is 1.